The summed E-state index contributed by atoms with van der Waals surface area (Å²) in [6, 6.07) is 17.2. The summed E-state index contributed by atoms with van der Waals surface area (Å²) < 4.78 is 0. The maximum Gasteiger partial charge on any atom is 0.239 e. The van der Waals surface area contributed by atoms with Crippen molar-refractivity contribution in [1.82, 2.24) is 9.80 Å². The highest BCUT2D eigenvalue weighted by molar-refractivity contribution is 5.82. The molecule has 1 heterocycles. The third-order valence-electron chi connectivity index (χ3n) is 5.44. The van der Waals surface area contributed by atoms with Gasteiger partial charge in [-0.05, 0) is 56.8 Å². The quantitative estimate of drug-likeness (QED) is 0.766. The molecule has 3 rings (SSSR count). The Balaban J connectivity index is 1.86. The Morgan fingerprint density at radius 1 is 1.12 bits per heavy atom. The van der Waals surface area contributed by atoms with Crippen LogP contribution < -0.4 is 0 Å². The van der Waals surface area contributed by atoms with E-state index in [1.54, 1.807) is 0 Å². The van der Waals surface area contributed by atoms with Gasteiger partial charge in [0.2, 0.25) is 5.91 Å². The molecule has 1 unspecified atom stereocenters. The van der Waals surface area contributed by atoms with Crippen LogP contribution in [0.1, 0.15) is 37.8 Å². The maximum atomic E-state index is 12.9. The molecule has 1 saturated heterocycles. The van der Waals surface area contributed by atoms with Gasteiger partial charge in [-0.25, -0.2) is 0 Å². The topological polar surface area (TPSA) is 23.6 Å². The molecule has 1 aliphatic rings. The first-order chi connectivity index (χ1) is 12.6. The normalized spacial score (nSPS) is 17.4. The highest BCUT2D eigenvalue weighted by atomic mass is 16.2. The fourth-order valence-corrected chi connectivity index (χ4v) is 4.01. The first-order valence-electron chi connectivity index (χ1n) is 9.81. The molecule has 3 heteroatoms. The van der Waals surface area contributed by atoms with Gasteiger partial charge in [-0.1, -0.05) is 54.1 Å². The number of nitrogens with zero attached hydrogens (tertiary/aromatic N) is 2. The number of aryl methyl sites for hydroxylation is 1. The SMILES string of the molecule is CCN(CC)C(=O)C1CCCN1Cc1cc(C)ccc1-c1ccccc1. The first-order valence-corrected chi connectivity index (χ1v) is 9.81. The van der Waals surface area contributed by atoms with Gasteiger partial charge in [-0.3, -0.25) is 9.69 Å². The lowest BCUT2D eigenvalue weighted by Gasteiger charge is -2.29. The molecule has 3 nitrogen and oxygen atoms in total. The summed E-state index contributed by atoms with van der Waals surface area (Å²) in [6.45, 7) is 9.69. The van der Waals surface area contributed by atoms with Crippen LogP contribution in [0.3, 0.4) is 0 Å². The van der Waals surface area contributed by atoms with E-state index in [1.807, 2.05) is 4.90 Å². The van der Waals surface area contributed by atoms with Crippen molar-refractivity contribution in [1.29, 1.82) is 0 Å². The Bertz CT molecular complexity index is 737. The van der Waals surface area contributed by atoms with Crippen LogP contribution in [0.2, 0.25) is 0 Å². The Kier molecular flexibility index (Phi) is 6.10. The molecule has 0 bridgehead atoms. The Morgan fingerprint density at radius 2 is 1.85 bits per heavy atom. The fraction of sp³-hybridized carbons (Fsp3) is 0.435. The molecule has 138 valence electrons. The van der Waals surface area contributed by atoms with Crippen molar-refractivity contribution in [2.45, 2.75) is 46.2 Å². The van der Waals surface area contributed by atoms with E-state index >= 15 is 0 Å². The number of carbonyl (C=O) groups is 1. The molecule has 1 atom stereocenters. The molecule has 0 N–H and O–H groups in total. The molecule has 0 radical (unpaired) electrons. The predicted octanol–water partition coefficient (Wildman–Crippen LogP) is 4.49. The van der Waals surface area contributed by atoms with Crippen LogP contribution in [0.25, 0.3) is 11.1 Å². The number of hydrogen-bond donors (Lipinski definition) is 0. The minimum absolute atomic E-state index is 0.0269. The number of amides is 1. The predicted molar refractivity (Wildman–Crippen MR) is 108 cm³/mol. The van der Waals surface area contributed by atoms with Crippen LogP contribution in [0.5, 0.6) is 0 Å². The fourth-order valence-electron chi connectivity index (χ4n) is 4.01. The van der Waals surface area contributed by atoms with Gasteiger partial charge in [0.25, 0.3) is 0 Å². The molecule has 0 aliphatic carbocycles. The van der Waals surface area contributed by atoms with Crippen molar-refractivity contribution in [3.63, 3.8) is 0 Å². The van der Waals surface area contributed by atoms with Gasteiger partial charge in [0.05, 0.1) is 6.04 Å². The van der Waals surface area contributed by atoms with E-state index in [-0.39, 0.29) is 6.04 Å². The van der Waals surface area contributed by atoms with Crippen LogP contribution in [0.15, 0.2) is 48.5 Å². The number of likely N-dealkylation sites (tertiary alicyclic amines) is 1. The summed E-state index contributed by atoms with van der Waals surface area (Å²) in [4.78, 5) is 17.3. The zero-order valence-corrected chi connectivity index (χ0v) is 16.2. The van der Waals surface area contributed by atoms with Gasteiger partial charge < -0.3 is 4.90 Å². The van der Waals surface area contributed by atoms with Crippen molar-refractivity contribution in [3.05, 3.63) is 59.7 Å². The number of carbonyl (C=O) groups excluding carboxylic acids is 1. The third kappa shape index (κ3) is 3.99. The minimum atomic E-state index is 0.0269. The molecule has 2 aromatic rings. The van der Waals surface area contributed by atoms with Gasteiger partial charge in [-0.2, -0.15) is 0 Å². The molecule has 26 heavy (non-hydrogen) atoms. The lowest BCUT2D eigenvalue weighted by atomic mass is 9.97. The summed E-state index contributed by atoms with van der Waals surface area (Å²) in [5.74, 6) is 0.293. The summed E-state index contributed by atoms with van der Waals surface area (Å²) >= 11 is 0. The monoisotopic (exact) mass is 350 g/mol. The maximum absolute atomic E-state index is 12.9. The summed E-state index contributed by atoms with van der Waals surface area (Å²) in [6.07, 6.45) is 2.08. The van der Waals surface area contributed by atoms with Crippen LogP contribution in [-0.4, -0.2) is 41.4 Å². The largest absolute Gasteiger partial charge is 0.342 e. The highest BCUT2D eigenvalue weighted by Gasteiger charge is 2.33. The molecule has 2 aromatic carbocycles. The summed E-state index contributed by atoms with van der Waals surface area (Å²) in [5.41, 5.74) is 5.10. The van der Waals surface area contributed by atoms with Gasteiger partial charge in [-0.15, -0.1) is 0 Å². The van der Waals surface area contributed by atoms with Crippen LogP contribution in [0, 0.1) is 6.92 Å². The third-order valence-corrected chi connectivity index (χ3v) is 5.44. The molecule has 1 amide bonds. The lowest BCUT2D eigenvalue weighted by molar-refractivity contribution is -0.135. The minimum Gasteiger partial charge on any atom is -0.342 e. The molecule has 1 fully saturated rings. The Labute approximate surface area is 157 Å². The van der Waals surface area contributed by atoms with E-state index in [2.05, 4.69) is 74.2 Å². The summed E-state index contributed by atoms with van der Waals surface area (Å²) in [7, 11) is 0. The van der Waals surface area contributed by atoms with Crippen molar-refractivity contribution in [2.75, 3.05) is 19.6 Å². The second-order valence-electron chi connectivity index (χ2n) is 7.17. The molecule has 0 aromatic heterocycles. The molecule has 1 aliphatic heterocycles. The molecular formula is C23H30N2O. The van der Waals surface area contributed by atoms with Gasteiger partial charge in [0, 0.05) is 19.6 Å². The van der Waals surface area contributed by atoms with E-state index in [0.29, 0.717) is 5.91 Å². The van der Waals surface area contributed by atoms with Crippen molar-refractivity contribution in [3.8, 4) is 11.1 Å². The second kappa shape index (κ2) is 8.50. The first kappa shape index (κ1) is 18.7. The summed E-state index contributed by atoms with van der Waals surface area (Å²) in [5, 5.41) is 0. The Hall–Kier alpha value is -2.13. The van der Waals surface area contributed by atoms with Gasteiger partial charge in [0.1, 0.15) is 0 Å². The van der Waals surface area contributed by atoms with Crippen LogP contribution in [-0.2, 0) is 11.3 Å². The standard InChI is InChI=1S/C23H30N2O/c1-4-24(5-2)23(26)22-12-9-15-25(22)17-20-16-18(3)13-14-21(20)19-10-7-6-8-11-19/h6-8,10-11,13-14,16,22H,4-5,9,12,15,17H2,1-3H3. The van der Waals surface area contributed by atoms with Crippen LogP contribution >= 0.6 is 0 Å². The molecular weight excluding hydrogens is 320 g/mol. The van der Waals surface area contributed by atoms with Gasteiger partial charge in [0.15, 0.2) is 0 Å². The van der Waals surface area contributed by atoms with E-state index < -0.39 is 0 Å². The van der Waals surface area contributed by atoms with Crippen molar-refractivity contribution in [2.24, 2.45) is 0 Å². The highest BCUT2D eigenvalue weighted by Crippen LogP contribution is 2.29. The van der Waals surface area contributed by atoms with Gasteiger partial charge >= 0.3 is 0 Å². The molecule has 0 spiro atoms. The van der Waals surface area contributed by atoms with E-state index in [9.17, 15) is 4.79 Å². The zero-order chi connectivity index (χ0) is 18.5. The van der Waals surface area contributed by atoms with E-state index in [1.165, 1.54) is 22.3 Å². The lowest BCUT2D eigenvalue weighted by Crippen LogP contribution is -2.45. The smallest absolute Gasteiger partial charge is 0.239 e. The number of rotatable bonds is 6. The molecule has 0 saturated carbocycles. The number of likely N-dealkylation sites (N-methyl/N-ethyl adjacent to an activating group) is 1. The van der Waals surface area contributed by atoms with E-state index in [0.717, 1.165) is 39.0 Å². The average molecular weight is 351 g/mol. The van der Waals surface area contributed by atoms with Crippen LogP contribution in [0.4, 0.5) is 0 Å². The number of benzene rings is 2. The Morgan fingerprint density at radius 3 is 2.54 bits per heavy atom. The zero-order valence-electron chi connectivity index (χ0n) is 16.2. The van der Waals surface area contributed by atoms with E-state index in [4.69, 9.17) is 0 Å². The second-order valence-corrected chi connectivity index (χ2v) is 7.17. The number of hydrogen-bond acceptors (Lipinski definition) is 2. The van der Waals surface area contributed by atoms with Crippen molar-refractivity contribution >= 4 is 5.91 Å². The average Bonchev–Trinajstić information content (AvgIpc) is 3.11. The van der Waals surface area contributed by atoms with Crippen molar-refractivity contribution < 1.29 is 4.79 Å².